The molecule has 0 aliphatic carbocycles. The van der Waals surface area contributed by atoms with Gasteiger partial charge in [0.25, 0.3) is 11.8 Å². The van der Waals surface area contributed by atoms with Gasteiger partial charge in [-0.25, -0.2) is 0 Å². The first kappa shape index (κ1) is 19.0. The first-order valence-electron chi connectivity index (χ1n) is 8.76. The molecule has 1 heterocycles. The Morgan fingerprint density at radius 3 is 2.07 bits per heavy atom. The fourth-order valence-corrected chi connectivity index (χ4v) is 3.39. The van der Waals surface area contributed by atoms with Crippen LogP contribution in [0.1, 0.15) is 23.2 Å². The lowest BCUT2D eigenvalue weighted by Gasteiger charge is -2.34. The van der Waals surface area contributed by atoms with Gasteiger partial charge in [0.05, 0.1) is 22.6 Å². The van der Waals surface area contributed by atoms with Crippen molar-refractivity contribution in [3.05, 3.63) is 54.1 Å². The van der Waals surface area contributed by atoms with Crippen LogP contribution in [0.5, 0.6) is 0 Å². The summed E-state index contributed by atoms with van der Waals surface area (Å²) in [7, 11) is 1.66. The van der Waals surface area contributed by atoms with E-state index < -0.39 is 11.4 Å². The van der Waals surface area contributed by atoms with Gasteiger partial charge in [0.2, 0.25) is 0 Å². The highest BCUT2D eigenvalue weighted by atomic mass is 16.3. The second-order valence-corrected chi connectivity index (χ2v) is 6.61. The number of benzene rings is 2. The molecule has 2 amide bonds. The van der Waals surface area contributed by atoms with Crippen LogP contribution in [0.4, 0.5) is 17.1 Å². The van der Waals surface area contributed by atoms with E-state index in [4.69, 9.17) is 5.73 Å². The summed E-state index contributed by atoms with van der Waals surface area (Å²) in [4.78, 5) is 29.4. The molecule has 0 atom stereocenters. The molecule has 4 N–H and O–H groups in total. The van der Waals surface area contributed by atoms with Crippen molar-refractivity contribution >= 4 is 28.9 Å². The van der Waals surface area contributed by atoms with Crippen molar-refractivity contribution in [2.24, 2.45) is 5.73 Å². The Morgan fingerprint density at radius 2 is 1.48 bits per heavy atom. The predicted molar refractivity (Wildman–Crippen MR) is 103 cm³/mol. The minimum absolute atomic E-state index is 0.00296. The maximum Gasteiger partial charge on any atom is 0.260 e. The summed E-state index contributed by atoms with van der Waals surface area (Å²) in [6, 6.07) is 13.9. The summed E-state index contributed by atoms with van der Waals surface area (Å²) >= 11 is 0. The number of carbonyl (C=O) groups is 2. The van der Waals surface area contributed by atoms with Gasteiger partial charge in [-0.05, 0) is 37.1 Å². The van der Waals surface area contributed by atoms with Crippen molar-refractivity contribution in [2.75, 3.05) is 30.1 Å². The van der Waals surface area contributed by atoms with E-state index >= 15 is 0 Å². The summed E-state index contributed by atoms with van der Waals surface area (Å²) in [5.41, 5.74) is 6.75. The van der Waals surface area contributed by atoms with Gasteiger partial charge < -0.3 is 20.8 Å². The zero-order chi connectivity index (χ0) is 19.6. The van der Waals surface area contributed by atoms with Crippen LogP contribution in [-0.2, 0) is 4.79 Å². The first-order valence-corrected chi connectivity index (χ1v) is 8.76. The molecule has 2 aromatic rings. The minimum atomic E-state index is -1.46. The van der Waals surface area contributed by atoms with Crippen LogP contribution in [-0.4, -0.2) is 47.8 Å². The zero-order valence-electron chi connectivity index (χ0n) is 15.1. The molecule has 0 unspecified atom stereocenters. The number of rotatable bonds is 5. The summed E-state index contributed by atoms with van der Waals surface area (Å²) < 4.78 is 0. The van der Waals surface area contributed by atoms with Crippen LogP contribution in [0.15, 0.2) is 48.5 Å². The van der Waals surface area contributed by atoms with Gasteiger partial charge in [0.1, 0.15) is 5.54 Å². The summed E-state index contributed by atoms with van der Waals surface area (Å²) in [5.74, 6) is -0.714. The lowest BCUT2D eigenvalue weighted by molar-refractivity contribution is -0.124. The number of nitrogens with zero attached hydrogens (tertiary/aromatic N) is 2. The van der Waals surface area contributed by atoms with Crippen LogP contribution in [0.3, 0.4) is 0 Å². The number of anilines is 3. The summed E-state index contributed by atoms with van der Waals surface area (Å²) in [6.07, 6.45) is -0.00593. The molecule has 0 saturated carbocycles. The maximum atomic E-state index is 13.5. The Bertz CT molecular complexity index is 862. The van der Waals surface area contributed by atoms with E-state index in [-0.39, 0.29) is 32.0 Å². The van der Waals surface area contributed by atoms with E-state index in [2.05, 4.69) is 0 Å². The maximum absolute atomic E-state index is 13.5. The van der Waals surface area contributed by atoms with Crippen LogP contribution in [0, 0.1) is 0 Å². The van der Waals surface area contributed by atoms with E-state index in [0.29, 0.717) is 22.6 Å². The fourth-order valence-electron chi connectivity index (χ4n) is 3.39. The standard InChI is InChI=1S/C20H23N3O4/c1-22-16-8-4-5-9-17(16)23(15-7-3-2-6-14(15)18(22)26)19(27)20(21,10-12-24)11-13-25/h2-9,24-25H,10-13,21H2,1H3. The molecule has 2 aromatic carbocycles. The molecule has 0 radical (unpaired) electrons. The third-order valence-electron chi connectivity index (χ3n) is 4.91. The van der Waals surface area contributed by atoms with E-state index in [9.17, 15) is 19.8 Å². The van der Waals surface area contributed by atoms with Gasteiger partial charge in [-0.15, -0.1) is 0 Å². The number of para-hydroxylation sites is 3. The molecule has 0 saturated heterocycles. The molecule has 3 rings (SSSR count). The van der Waals surface area contributed by atoms with Gasteiger partial charge in [0, 0.05) is 20.3 Å². The molecular formula is C20H23N3O4. The highest BCUT2D eigenvalue weighted by molar-refractivity contribution is 6.19. The Balaban J connectivity index is 2.25. The van der Waals surface area contributed by atoms with Crippen molar-refractivity contribution in [1.82, 2.24) is 0 Å². The predicted octanol–water partition coefficient (Wildman–Crippen LogP) is 1.40. The third-order valence-corrected chi connectivity index (χ3v) is 4.91. The molecule has 1 aliphatic heterocycles. The van der Waals surface area contributed by atoms with Gasteiger partial charge in [-0.2, -0.15) is 0 Å². The van der Waals surface area contributed by atoms with Crippen LogP contribution < -0.4 is 15.5 Å². The van der Waals surface area contributed by atoms with E-state index in [0.717, 1.165) is 0 Å². The smallest absolute Gasteiger partial charge is 0.260 e. The Morgan fingerprint density at radius 1 is 0.963 bits per heavy atom. The number of aliphatic hydroxyl groups excluding tert-OH is 2. The van der Waals surface area contributed by atoms with Gasteiger partial charge in [-0.3, -0.25) is 14.5 Å². The van der Waals surface area contributed by atoms with Crippen LogP contribution >= 0.6 is 0 Å². The lowest BCUT2D eigenvalue weighted by Crippen LogP contribution is -2.55. The van der Waals surface area contributed by atoms with Gasteiger partial charge in [0.15, 0.2) is 0 Å². The molecule has 1 aliphatic rings. The molecule has 0 aromatic heterocycles. The highest BCUT2D eigenvalue weighted by Gasteiger charge is 2.41. The quantitative estimate of drug-likeness (QED) is 0.739. The van der Waals surface area contributed by atoms with Crippen molar-refractivity contribution in [1.29, 1.82) is 0 Å². The Hall–Kier alpha value is -2.74. The first-order chi connectivity index (χ1) is 12.9. The summed E-state index contributed by atoms with van der Waals surface area (Å²) in [6.45, 7) is -0.587. The Labute approximate surface area is 157 Å². The molecular weight excluding hydrogens is 346 g/mol. The van der Waals surface area contributed by atoms with Crippen LogP contribution in [0.2, 0.25) is 0 Å². The molecule has 0 spiro atoms. The lowest BCUT2D eigenvalue weighted by atomic mass is 9.90. The van der Waals surface area contributed by atoms with Crippen molar-refractivity contribution in [3.63, 3.8) is 0 Å². The second kappa shape index (κ2) is 7.48. The van der Waals surface area contributed by atoms with E-state index in [1.165, 1.54) is 9.80 Å². The third kappa shape index (κ3) is 3.21. The number of nitrogens with two attached hydrogens (primary N) is 1. The largest absolute Gasteiger partial charge is 0.396 e. The number of fused-ring (bicyclic) bond motifs is 2. The summed E-state index contributed by atoms with van der Waals surface area (Å²) in [5, 5.41) is 18.8. The Kier molecular flexibility index (Phi) is 5.27. The number of hydrogen-bond donors (Lipinski definition) is 3. The number of hydrogen-bond acceptors (Lipinski definition) is 5. The monoisotopic (exact) mass is 369 g/mol. The molecule has 7 heteroatoms. The molecule has 27 heavy (non-hydrogen) atoms. The van der Waals surface area contributed by atoms with Crippen molar-refractivity contribution < 1.29 is 19.8 Å². The topological polar surface area (TPSA) is 107 Å². The average molecular weight is 369 g/mol. The minimum Gasteiger partial charge on any atom is -0.396 e. The van der Waals surface area contributed by atoms with E-state index in [1.807, 2.05) is 0 Å². The normalized spacial score (nSPS) is 13.9. The SMILES string of the molecule is CN1C(=O)c2ccccc2N(C(=O)C(N)(CCO)CCO)c2ccccc21. The molecule has 0 bridgehead atoms. The number of amides is 2. The van der Waals surface area contributed by atoms with Gasteiger partial charge in [-0.1, -0.05) is 24.3 Å². The molecule has 0 fully saturated rings. The average Bonchev–Trinajstić information content (AvgIpc) is 2.76. The second-order valence-electron chi connectivity index (χ2n) is 6.61. The fraction of sp³-hybridized carbons (Fsp3) is 0.300. The number of carbonyl (C=O) groups excluding carboxylic acids is 2. The van der Waals surface area contributed by atoms with Gasteiger partial charge >= 0.3 is 0 Å². The zero-order valence-corrected chi connectivity index (χ0v) is 15.1. The van der Waals surface area contributed by atoms with Crippen molar-refractivity contribution in [3.8, 4) is 0 Å². The van der Waals surface area contributed by atoms with Crippen molar-refractivity contribution in [2.45, 2.75) is 18.4 Å². The molecule has 142 valence electrons. The highest BCUT2D eigenvalue weighted by Crippen LogP contribution is 2.41. The number of aliphatic hydroxyl groups is 2. The van der Waals surface area contributed by atoms with Crippen LogP contribution in [0.25, 0.3) is 0 Å². The molecule has 7 nitrogen and oxygen atoms in total. The van der Waals surface area contributed by atoms with E-state index in [1.54, 1.807) is 55.6 Å².